The second-order valence-electron chi connectivity index (χ2n) is 7.51. The van der Waals surface area contributed by atoms with E-state index >= 15 is 0 Å². The predicted octanol–water partition coefficient (Wildman–Crippen LogP) is 3.87. The van der Waals surface area contributed by atoms with E-state index in [1.807, 2.05) is 58.0 Å². The van der Waals surface area contributed by atoms with Crippen LogP contribution < -0.4 is 10.8 Å². The van der Waals surface area contributed by atoms with Crippen LogP contribution in [0.15, 0.2) is 48.5 Å². The van der Waals surface area contributed by atoms with Gasteiger partial charge in [0.05, 0.1) is 11.2 Å². The number of benzene rings is 2. The van der Waals surface area contributed by atoms with Crippen LogP contribution >= 0.6 is 0 Å². The van der Waals surface area contributed by atoms with Crippen molar-refractivity contribution in [2.75, 3.05) is 5.32 Å². The standard InChI is InChI=1S/C20H23BFNO4/c1-19(2)20(3,4)27-21(26-19)16-11-10-15(12-17(16)22)23-18(24)25-13-14-8-6-5-7-9-14/h5-12H,13H2,1-4H3,(H,23,24). The number of hydrogen-bond acceptors (Lipinski definition) is 4. The molecule has 1 saturated heterocycles. The van der Waals surface area contributed by atoms with Crippen molar-refractivity contribution in [1.82, 2.24) is 0 Å². The number of amides is 1. The maximum Gasteiger partial charge on any atom is 0.497 e. The molecule has 2 aromatic rings. The maximum absolute atomic E-state index is 14.6. The van der Waals surface area contributed by atoms with Crippen molar-refractivity contribution < 1.29 is 23.2 Å². The molecule has 1 aliphatic rings. The van der Waals surface area contributed by atoms with Gasteiger partial charge >= 0.3 is 13.2 Å². The van der Waals surface area contributed by atoms with E-state index in [0.717, 1.165) is 5.56 Å². The van der Waals surface area contributed by atoms with Crippen molar-refractivity contribution >= 4 is 24.4 Å². The van der Waals surface area contributed by atoms with Crippen LogP contribution in [0, 0.1) is 5.82 Å². The van der Waals surface area contributed by atoms with Crippen LogP contribution in [0.5, 0.6) is 0 Å². The summed E-state index contributed by atoms with van der Waals surface area (Å²) in [5, 5.41) is 2.52. The molecule has 2 aromatic carbocycles. The summed E-state index contributed by atoms with van der Waals surface area (Å²) >= 11 is 0. The molecule has 0 atom stereocenters. The molecule has 0 bridgehead atoms. The van der Waals surface area contributed by atoms with E-state index in [9.17, 15) is 9.18 Å². The van der Waals surface area contributed by atoms with Gasteiger partial charge in [-0.1, -0.05) is 36.4 Å². The third kappa shape index (κ3) is 4.31. The molecule has 0 aliphatic carbocycles. The fraction of sp³-hybridized carbons (Fsp3) is 0.350. The Balaban J connectivity index is 1.62. The van der Waals surface area contributed by atoms with Crippen molar-refractivity contribution in [2.45, 2.75) is 45.5 Å². The lowest BCUT2D eigenvalue weighted by Crippen LogP contribution is -2.41. The van der Waals surface area contributed by atoms with E-state index in [0.29, 0.717) is 5.69 Å². The van der Waals surface area contributed by atoms with Crippen molar-refractivity contribution in [1.29, 1.82) is 0 Å². The van der Waals surface area contributed by atoms with Gasteiger partial charge < -0.3 is 14.0 Å². The van der Waals surface area contributed by atoms with Crippen molar-refractivity contribution in [3.8, 4) is 0 Å². The molecule has 1 heterocycles. The van der Waals surface area contributed by atoms with Gasteiger partial charge in [0.15, 0.2) is 0 Å². The summed E-state index contributed by atoms with van der Waals surface area (Å²) < 4.78 is 31.4. The minimum absolute atomic E-state index is 0.140. The number of anilines is 1. The molecule has 3 rings (SSSR count). The fourth-order valence-electron chi connectivity index (χ4n) is 2.64. The second-order valence-corrected chi connectivity index (χ2v) is 7.51. The molecule has 1 aliphatic heterocycles. The van der Waals surface area contributed by atoms with Crippen molar-refractivity contribution in [3.63, 3.8) is 0 Å². The van der Waals surface area contributed by atoms with Gasteiger partial charge in [-0.15, -0.1) is 0 Å². The predicted molar refractivity (Wildman–Crippen MR) is 102 cm³/mol. The zero-order valence-corrected chi connectivity index (χ0v) is 15.9. The van der Waals surface area contributed by atoms with Crippen LogP contribution in [0.1, 0.15) is 33.3 Å². The molecule has 1 amide bonds. The van der Waals surface area contributed by atoms with Crippen LogP contribution in [0.3, 0.4) is 0 Å². The van der Waals surface area contributed by atoms with Gasteiger partial charge in [-0.3, -0.25) is 5.32 Å². The first-order chi connectivity index (χ1) is 12.7. The van der Waals surface area contributed by atoms with Crippen LogP contribution in [-0.4, -0.2) is 24.4 Å². The normalized spacial score (nSPS) is 17.6. The zero-order chi connectivity index (χ0) is 19.7. The number of hydrogen-bond donors (Lipinski definition) is 1. The smallest absolute Gasteiger partial charge is 0.444 e. The quantitative estimate of drug-likeness (QED) is 0.829. The van der Waals surface area contributed by atoms with Gasteiger partial charge in [0.1, 0.15) is 12.4 Å². The van der Waals surface area contributed by atoms with E-state index < -0.39 is 30.2 Å². The fourth-order valence-corrected chi connectivity index (χ4v) is 2.64. The Kier molecular flexibility index (Phi) is 5.26. The number of carbonyl (C=O) groups is 1. The molecular weight excluding hydrogens is 348 g/mol. The molecule has 0 aromatic heterocycles. The molecule has 0 spiro atoms. The molecule has 7 heteroatoms. The van der Waals surface area contributed by atoms with Crippen molar-refractivity contribution in [2.24, 2.45) is 0 Å². The highest BCUT2D eigenvalue weighted by atomic mass is 19.1. The number of halogens is 1. The van der Waals surface area contributed by atoms with Crippen LogP contribution in [0.4, 0.5) is 14.9 Å². The van der Waals surface area contributed by atoms with Gasteiger partial charge in [0.25, 0.3) is 0 Å². The first-order valence-corrected chi connectivity index (χ1v) is 8.81. The molecule has 5 nitrogen and oxygen atoms in total. The minimum Gasteiger partial charge on any atom is -0.444 e. The first kappa shape index (κ1) is 19.4. The lowest BCUT2D eigenvalue weighted by molar-refractivity contribution is 0.00578. The highest BCUT2D eigenvalue weighted by Gasteiger charge is 2.52. The molecule has 142 valence electrons. The lowest BCUT2D eigenvalue weighted by atomic mass is 9.78. The molecule has 1 N–H and O–H groups in total. The maximum atomic E-state index is 14.6. The van der Waals surface area contributed by atoms with E-state index in [2.05, 4.69) is 5.32 Å². The van der Waals surface area contributed by atoms with Gasteiger partial charge in [-0.25, -0.2) is 9.18 Å². The zero-order valence-electron chi connectivity index (χ0n) is 15.9. The highest BCUT2D eigenvalue weighted by molar-refractivity contribution is 6.62. The van der Waals surface area contributed by atoms with Crippen LogP contribution in [0.2, 0.25) is 0 Å². The molecule has 1 fully saturated rings. The summed E-state index contributed by atoms with van der Waals surface area (Å²) in [5.74, 6) is -0.519. The summed E-state index contributed by atoms with van der Waals surface area (Å²) in [4.78, 5) is 11.9. The van der Waals surface area contributed by atoms with Gasteiger partial charge in [0, 0.05) is 11.2 Å². The summed E-state index contributed by atoms with van der Waals surface area (Å²) in [6, 6.07) is 13.7. The number of nitrogens with one attached hydrogen (secondary N) is 1. The number of ether oxygens (including phenoxy) is 1. The molecular formula is C20H23BFNO4. The summed E-state index contributed by atoms with van der Waals surface area (Å²) in [6.07, 6.45) is -0.651. The Labute approximate surface area is 159 Å². The Morgan fingerprint density at radius 3 is 2.30 bits per heavy atom. The largest absolute Gasteiger partial charge is 0.497 e. The average molecular weight is 371 g/mol. The Hall–Kier alpha value is -2.38. The second kappa shape index (κ2) is 7.33. The highest BCUT2D eigenvalue weighted by Crippen LogP contribution is 2.36. The third-order valence-electron chi connectivity index (χ3n) is 4.97. The van der Waals surface area contributed by atoms with E-state index in [1.165, 1.54) is 6.07 Å². The molecule has 0 unspecified atom stereocenters. The van der Waals surface area contributed by atoms with Crippen LogP contribution in [-0.2, 0) is 20.7 Å². The summed E-state index contributed by atoms with van der Waals surface area (Å²) in [5.41, 5.74) is 0.350. The minimum atomic E-state index is -0.797. The lowest BCUT2D eigenvalue weighted by Gasteiger charge is -2.32. The van der Waals surface area contributed by atoms with Gasteiger partial charge in [-0.2, -0.15) is 0 Å². The SMILES string of the molecule is CC1(C)OB(c2ccc(NC(=O)OCc3ccccc3)cc2F)OC1(C)C. The van der Waals surface area contributed by atoms with Crippen LogP contribution in [0.25, 0.3) is 0 Å². The number of carbonyl (C=O) groups excluding carboxylic acids is 1. The van der Waals surface area contributed by atoms with E-state index in [-0.39, 0.29) is 12.1 Å². The van der Waals surface area contributed by atoms with E-state index in [4.69, 9.17) is 14.0 Å². The number of rotatable bonds is 4. The Morgan fingerprint density at radius 2 is 1.70 bits per heavy atom. The summed E-state index contributed by atoms with van der Waals surface area (Å²) in [7, 11) is -0.797. The molecule has 0 radical (unpaired) electrons. The molecule has 0 saturated carbocycles. The van der Waals surface area contributed by atoms with Gasteiger partial charge in [-0.05, 0) is 45.4 Å². The topological polar surface area (TPSA) is 56.8 Å². The van der Waals surface area contributed by atoms with E-state index in [1.54, 1.807) is 12.1 Å². The molecule has 27 heavy (non-hydrogen) atoms. The Bertz CT molecular complexity index is 810. The first-order valence-electron chi connectivity index (χ1n) is 8.81. The summed E-state index contributed by atoms with van der Waals surface area (Å²) in [6.45, 7) is 7.77. The monoisotopic (exact) mass is 371 g/mol. The van der Waals surface area contributed by atoms with Gasteiger partial charge in [0.2, 0.25) is 0 Å². The van der Waals surface area contributed by atoms with Crippen molar-refractivity contribution in [3.05, 3.63) is 59.9 Å². The third-order valence-corrected chi connectivity index (χ3v) is 4.97. The average Bonchev–Trinajstić information content (AvgIpc) is 2.81. The Morgan fingerprint density at radius 1 is 1.07 bits per heavy atom.